The number of benzene rings is 2. The highest BCUT2D eigenvalue weighted by Crippen LogP contribution is 2.29. The van der Waals surface area contributed by atoms with Crippen molar-refractivity contribution in [2.24, 2.45) is 0 Å². The van der Waals surface area contributed by atoms with E-state index < -0.39 is 0 Å². The minimum Gasteiger partial charge on any atom is -0.493 e. The highest BCUT2D eigenvalue weighted by atomic mass is 16.5. The number of ether oxygens (including phenoxy) is 2. The summed E-state index contributed by atoms with van der Waals surface area (Å²) in [4.78, 5) is 0. The van der Waals surface area contributed by atoms with Crippen molar-refractivity contribution in [2.45, 2.75) is 13.0 Å². The van der Waals surface area contributed by atoms with E-state index in [1.807, 2.05) is 54.6 Å². The van der Waals surface area contributed by atoms with Gasteiger partial charge in [-0.2, -0.15) is 0 Å². The maximum atomic E-state index is 5.84. The highest BCUT2D eigenvalue weighted by molar-refractivity contribution is 5.43. The second kappa shape index (κ2) is 6.64. The largest absolute Gasteiger partial charge is 0.493 e. The van der Waals surface area contributed by atoms with E-state index in [1.54, 1.807) is 7.11 Å². The first kappa shape index (κ1) is 13.2. The van der Waals surface area contributed by atoms with Gasteiger partial charge in [0.2, 0.25) is 0 Å². The Morgan fingerprint density at radius 3 is 2.47 bits per heavy atom. The molecule has 0 N–H and O–H groups in total. The summed E-state index contributed by atoms with van der Waals surface area (Å²) in [7, 11) is 1.65. The molecule has 0 aliphatic heterocycles. The van der Waals surface area contributed by atoms with E-state index in [4.69, 9.17) is 9.47 Å². The molecule has 0 aliphatic carbocycles. The predicted molar refractivity (Wildman–Crippen MR) is 77.7 cm³/mol. The number of allylic oxidation sites excluding steroid dienone is 1. The second-order valence-electron chi connectivity index (χ2n) is 4.25. The normalized spacial score (nSPS) is 9.95. The van der Waals surface area contributed by atoms with E-state index in [0.29, 0.717) is 6.61 Å². The maximum absolute atomic E-state index is 5.84. The first-order valence-corrected chi connectivity index (χ1v) is 6.28. The Labute approximate surface area is 114 Å². The molecule has 2 nitrogen and oxygen atoms in total. The average Bonchev–Trinajstić information content (AvgIpc) is 2.47. The smallest absolute Gasteiger partial charge is 0.161 e. The van der Waals surface area contributed by atoms with E-state index in [9.17, 15) is 0 Å². The molecule has 0 fully saturated rings. The lowest BCUT2D eigenvalue weighted by atomic mass is 10.1. The minimum atomic E-state index is 0.536. The van der Waals surface area contributed by atoms with Gasteiger partial charge in [0.1, 0.15) is 6.61 Å². The molecule has 0 saturated heterocycles. The summed E-state index contributed by atoms with van der Waals surface area (Å²) in [5.74, 6) is 1.52. The molecule has 2 heteroatoms. The third-order valence-electron chi connectivity index (χ3n) is 2.85. The number of rotatable bonds is 6. The first-order valence-electron chi connectivity index (χ1n) is 6.28. The molecule has 2 aromatic rings. The van der Waals surface area contributed by atoms with Crippen LogP contribution in [0.25, 0.3) is 0 Å². The van der Waals surface area contributed by atoms with Crippen molar-refractivity contribution in [3.8, 4) is 11.5 Å². The van der Waals surface area contributed by atoms with Crippen molar-refractivity contribution in [1.29, 1.82) is 0 Å². The Morgan fingerprint density at radius 1 is 1.00 bits per heavy atom. The monoisotopic (exact) mass is 254 g/mol. The number of hydrogen-bond donors (Lipinski definition) is 0. The molecule has 0 saturated carbocycles. The van der Waals surface area contributed by atoms with Crippen molar-refractivity contribution < 1.29 is 9.47 Å². The standard InChI is InChI=1S/C17H18O2/c1-3-7-14-10-11-16(18-2)17(12-14)19-13-15-8-5-4-6-9-15/h3-6,8-12H,1,7,13H2,2H3. The highest BCUT2D eigenvalue weighted by Gasteiger charge is 2.05. The van der Waals surface area contributed by atoms with Crippen molar-refractivity contribution >= 4 is 0 Å². The zero-order valence-corrected chi connectivity index (χ0v) is 11.1. The Bertz CT molecular complexity index is 532. The fourth-order valence-corrected chi connectivity index (χ4v) is 1.86. The van der Waals surface area contributed by atoms with Crippen molar-refractivity contribution in [3.05, 3.63) is 72.3 Å². The van der Waals surface area contributed by atoms with E-state index in [1.165, 1.54) is 5.56 Å². The molecule has 0 unspecified atom stereocenters. The second-order valence-corrected chi connectivity index (χ2v) is 4.25. The van der Waals surface area contributed by atoms with Gasteiger partial charge in [0.15, 0.2) is 11.5 Å². The van der Waals surface area contributed by atoms with Gasteiger partial charge in [-0.05, 0) is 29.7 Å². The van der Waals surface area contributed by atoms with Gasteiger partial charge in [0.05, 0.1) is 7.11 Å². The van der Waals surface area contributed by atoms with Gasteiger partial charge in [-0.3, -0.25) is 0 Å². The van der Waals surface area contributed by atoms with Gasteiger partial charge < -0.3 is 9.47 Å². The van der Waals surface area contributed by atoms with Gasteiger partial charge in [-0.15, -0.1) is 6.58 Å². The fourth-order valence-electron chi connectivity index (χ4n) is 1.86. The van der Waals surface area contributed by atoms with Crippen LogP contribution in [0.2, 0.25) is 0 Å². The van der Waals surface area contributed by atoms with E-state index in [-0.39, 0.29) is 0 Å². The van der Waals surface area contributed by atoms with Gasteiger partial charge in [-0.1, -0.05) is 42.5 Å². The van der Waals surface area contributed by atoms with Crippen LogP contribution in [0.15, 0.2) is 61.2 Å². The van der Waals surface area contributed by atoms with Gasteiger partial charge in [-0.25, -0.2) is 0 Å². The number of hydrogen-bond acceptors (Lipinski definition) is 2. The fraction of sp³-hybridized carbons (Fsp3) is 0.176. The molecule has 0 bridgehead atoms. The molecule has 0 aliphatic rings. The van der Waals surface area contributed by atoms with Crippen molar-refractivity contribution in [2.75, 3.05) is 7.11 Å². The summed E-state index contributed by atoms with van der Waals surface area (Å²) < 4.78 is 11.2. The Kier molecular flexibility index (Phi) is 4.62. The van der Waals surface area contributed by atoms with Crippen LogP contribution < -0.4 is 9.47 Å². The minimum absolute atomic E-state index is 0.536. The van der Waals surface area contributed by atoms with Crippen LogP contribution in [-0.2, 0) is 13.0 Å². The molecular weight excluding hydrogens is 236 g/mol. The van der Waals surface area contributed by atoms with Crippen LogP contribution in [0.1, 0.15) is 11.1 Å². The van der Waals surface area contributed by atoms with Crippen LogP contribution in [0, 0.1) is 0 Å². The molecule has 0 atom stereocenters. The Balaban J connectivity index is 2.13. The molecule has 0 radical (unpaired) electrons. The molecule has 19 heavy (non-hydrogen) atoms. The zero-order valence-electron chi connectivity index (χ0n) is 11.1. The molecule has 0 aromatic heterocycles. The van der Waals surface area contributed by atoms with E-state index in [0.717, 1.165) is 23.5 Å². The summed E-state index contributed by atoms with van der Waals surface area (Å²) in [6, 6.07) is 16.0. The predicted octanol–water partition coefficient (Wildman–Crippen LogP) is 4.00. The zero-order chi connectivity index (χ0) is 13.5. The molecule has 0 spiro atoms. The first-order chi connectivity index (χ1) is 9.33. The summed E-state index contributed by atoms with van der Waals surface area (Å²) >= 11 is 0. The molecule has 2 rings (SSSR count). The lowest BCUT2D eigenvalue weighted by Crippen LogP contribution is -1.98. The lowest BCUT2D eigenvalue weighted by molar-refractivity contribution is 0.284. The summed E-state index contributed by atoms with van der Waals surface area (Å²) in [5, 5.41) is 0. The Morgan fingerprint density at radius 2 is 1.79 bits per heavy atom. The molecule has 0 heterocycles. The van der Waals surface area contributed by atoms with Crippen LogP contribution in [0.4, 0.5) is 0 Å². The average molecular weight is 254 g/mol. The van der Waals surface area contributed by atoms with Gasteiger partial charge >= 0.3 is 0 Å². The number of methoxy groups -OCH3 is 1. The molecule has 98 valence electrons. The van der Waals surface area contributed by atoms with Crippen LogP contribution in [0.3, 0.4) is 0 Å². The topological polar surface area (TPSA) is 18.5 Å². The van der Waals surface area contributed by atoms with Crippen molar-refractivity contribution in [3.63, 3.8) is 0 Å². The van der Waals surface area contributed by atoms with E-state index >= 15 is 0 Å². The Hall–Kier alpha value is -2.22. The summed E-state index contributed by atoms with van der Waals surface area (Å²) in [5.41, 5.74) is 2.30. The van der Waals surface area contributed by atoms with Gasteiger partial charge in [0, 0.05) is 0 Å². The molecular formula is C17H18O2. The quantitative estimate of drug-likeness (QED) is 0.725. The summed E-state index contributed by atoms with van der Waals surface area (Å²) in [6.07, 6.45) is 2.70. The summed E-state index contributed by atoms with van der Waals surface area (Å²) in [6.45, 7) is 4.29. The van der Waals surface area contributed by atoms with Crippen molar-refractivity contribution in [1.82, 2.24) is 0 Å². The van der Waals surface area contributed by atoms with Crippen LogP contribution in [-0.4, -0.2) is 7.11 Å². The third kappa shape index (κ3) is 3.62. The third-order valence-corrected chi connectivity index (χ3v) is 2.85. The SMILES string of the molecule is C=CCc1ccc(OC)c(OCc2ccccc2)c1. The molecule has 0 amide bonds. The molecule has 2 aromatic carbocycles. The van der Waals surface area contributed by atoms with Crippen LogP contribution in [0.5, 0.6) is 11.5 Å². The lowest BCUT2D eigenvalue weighted by Gasteiger charge is -2.12. The maximum Gasteiger partial charge on any atom is 0.161 e. The van der Waals surface area contributed by atoms with Crippen LogP contribution >= 0.6 is 0 Å². The van der Waals surface area contributed by atoms with Gasteiger partial charge in [0.25, 0.3) is 0 Å². The van der Waals surface area contributed by atoms with E-state index in [2.05, 4.69) is 6.58 Å².